The van der Waals surface area contributed by atoms with Gasteiger partial charge in [0.25, 0.3) is 0 Å². The highest BCUT2D eigenvalue weighted by atomic mass is 16.1. The van der Waals surface area contributed by atoms with Crippen molar-refractivity contribution in [1.82, 2.24) is 5.32 Å². The van der Waals surface area contributed by atoms with E-state index in [1.807, 2.05) is 24.3 Å². The van der Waals surface area contributed by atoms with Crippen LogP contribution in [0.3, 0.4) is 0 Å². The summed E-state index contributed by atoms with van der Waals surface area (Å²) in [7, 11) is 0. The summed E-state index contributed by atoms with van der Waals surface area (Å²) < 4.78 is 0. The van der Waals surface area contributed by atoms with Crippen LogP contribution in [0.25, 0.3) is 0 Å². The lowest BCUT2D eigenvalue weighted by Gasteiger charge is -2.08. The van der Waals surface area contributed by atoms with Gasteiger partial charge in [-0.2, -0.15) is 0 Å². The Kier molecular flexibility index (Phi) is 6.44. The van der Waals surface area contributed by atoms with Gasteiger partial charge >= 0.3 is 0 Å². The van der Waals surface area contributed by atoms with Crippen molar-refractivity contribution in [3.63, 3.8) is 0 Å². The van der Waals surface area contributed by atoms with E-state index in [0.717, 1.165) is 25.2 Å². The van der Waals surface area contributed by atoms with Gasteiger partial charge < -0.3 is 10.6 Å². The molecule has 0 bridgehead atoms. The summed E-state index contributed by atoms with van der Waals surface area (Å²) in [6.45, 7) is 8.18. The van der Waals surface area contributed by atoms with Crippen LogP contribution in [0.2, 0.25) is 0 Å². The van der Waals surface area contributed by atoms with Gasteiger partial charge in [-0.05, 0) is 36.6 Å². The molecule has 0 atom stereocenters. The second-order valence-electron chi connectivity index (χ2n) is 4.96. The molecule has 0 heterocycles. The summed E-state index contributed by atoms with van der Waals surface area (Å²) >= 11 is 0. The Morgan fingerprint density at radius 2 is 1.89 bits per heavy atom. The van der Waals surface area contributed by atoms with Gasteiger partial charge in [0.1, 0.15) is 0 Å². The van der Waals surface area contributed by atoms with Gasteiger partial charge in [0.15, 0.2) is 0 Å². The number of nitrogens with one attached hydrogen (secondary N) is 2. The third-order valence-corrected chi connectivity index (χ3v) is 2.77. The molecular weight excluding hydrogens is 224 g/mol. The molecule has 0 unspecified atom stereocenters. The Morgan fingerprint density at radius 3 is 2.44 bits per heavy atom. The van der Waals surface area contributed by atoms with Crippen molar-refractivity contribution in [2.24, 2.45) is 5.92 Å². The molecule has 2 N–H and O–H groups in total. The SMILES string of the molecule is CCNCc1ccc(NC(=O)CCC(C)C)cc1. The molecule has 100 valence electrons. The van der Waals surface area contributed by atoms with Crippen LogP contribution in [0, 0.1) is 5.92 Å². The molecule has 1 aromatic carbocycles. The zero-order valence-corrected chi connectivity index (χ0v) is 11.6. The Bertz CT molecular complexity index is 357. The van der Waals surface area contributed by atoms with Crippen LogP contribution in [0.4, 0.5) is 5.69 Å². The second-order valence-corrected chi connectivity index (χ2v) is 4.96. The molecule has 3 nitrogen and oxygen atoms in total. The summed E-state index contributed by atoms with van der Waals surface area (Å²) in [6, 6.07) is 8.00. The molecule has 0 radical (unpaired) electrons. The van der Waals surface area contributed by atoms with Gasteiger partial charge in [-0.25, -0.2) is 0 Å². The van der Waals surface area contributed by atoms with Gasteiger partial charge in [-0.3, -0.25) is 4.79 Å². The van der Waals surface area contributed by atoms with E-state index in [1.54, 1.807) is 0 Å². The number of carbonyl (C=O) groups is 1. The zero-order chi connectivity index (χ0) is 13.4. The van der Waals surface area contributed by atoms with Crippen molar-refractivity contribution < 1.29 is 4.79 Å². The summed E-state index contributed by atoms with van der Waals surface area (Å²) in [5.74, 6) is 0.668. The minimum Gasteiger partial charge on any atom is -0.326 e. The van der Waals surface area contributed by atoms with Crippen LogP contribution in [-0.4, -0.2) is 12.5 Å². The molecule has 0 aliphatic rings. The average Bonchev–Trinajstić information content (AvgIpc) is 2.35. The monoisotopic (exact) mass is 248 g/mol. The second kappa shape index (κ2) is 7.88. The van der Waals surface area contributed by atoms with Crippen molar-refractivity contribution in [3.05, 3.63) is 29.8 Å². The van der Waals surface area contributed by atoms with E-state index in [1.165, 1.54) is 5.56 Å². The van der Waals surface area contributed by atoms with E-state index in [2.05, 4.69) is 31.4 Å². The molecular formula is C15H24N2O. The van der Waals surface area contributed by atoms with E-state index < -0.39 is 0 Å². The van der Waals surface area contributed by atoms with Gasteiger partial charge in [-0.15, -0.1) is 0 Å². The first-order valence-corrected chi connectivity index (χ1v) is 6.71. The van der Waals surface area contributed by atoms with E-state index in [4.69, 9.17) is 0 Å². The largest absolute Gasteiger partial charge is 0.326 e. The maximum absolute atomic E-state index is 11.7. The van der Waals surface area contributed by atoms with Crippen LogP contribution < -0.4 is 10.6 Å². The van der Waals surface area contributed by atoms with E-state index in [0.29, 0.717) is 12.3 Å². The summed E-state index contributed by atoms with van der Waals surface area (Å²) in [4.78, 5) is 11.7. The van der Waals surface area contributed by atoms with Gasteiger partial charge in [0, 0.05) is 18.7 Å². The van der Waals surface area contributed by atoms with Crippen molar-refractivity contribution >= 4 is 11.6 Å². The molecule has 1 rings (SSSR count). The highest BCUT2D eigenvalue weighted by Crippen LogP contribution is 2.11. The van der Waals surface area contributed by atoms with Crippen LogP contribution in [-0.2, 0) is 11.3 Å². The lowest BCUT2D eigenvalue weighted by atomic mass is 10.1. The van der Waals surface area contributed by atoms with Crippen LogP contribution >= 0.6 is 0 Å². The lowest BCUT2D eigenvalue weighted by Crippen LogP contribution is -2.13. The predicted molar refractivity (Wildman–Crippen MR) is 76.5 cm³/mol. The van der Waals surface area contributed by atoms with Crippen molar-refractivity contribution in [3.8, 4) is 0 Å². The van der Waals surface area contributed by atoms with Gasteiger partial charge in [-0.1, -0.05) is 32.9 Å². The van der Waals surface area contributed by atoms with Crippen LogP contribution in [0.5, 0.6) is 0 Å². The first-order chi connectivity index (χ1) is 8.61. The molecule has 1 amide bonds. The fourth-order valence-corrected chi connectivity index (χ4v) is 1.62. The topological polar surface area (TPSA) is 41.1 Å². The zero-order valence-electron chi connectivity index (χ0n) is 11.6. The Hall–Kier alpha value is -1.35. The predicted octanol–water partition coefficient (Wildman–Crippen LogP) is 3.17. The number of benzene rings is 1. The van der Waals surface area contributed by atoms with Gasteiger partial charge in [0.2, 0.25) is 5.91 Å². The van der Waals surface area contributed by atoms with Gasteiger partial charge in [0.05, 0.1) is 0 Å². The molecule has 0 saturated heterocycles. The minimum atomic E-state index is 0.100. The molecule has 0 spiro atoms. The van der Waals surface area contributed by atoms with E-state index >= 15 is 0 Å². The summed E-state index contributed by atoms with van der Waals surface area (Å²) in [6.07, 6.45) is 1.53. The Balaban J connectivity index is 2.40. The quantitative estimate of drug-likeness (QED) is 0.778. The molecule has 1 aromatic rings. The average molecular weight is 248 g/mol. The summed E-state index contributed by atoms with van der Waals surface area (Å²) in [5.41, 5.74) is 2.11. The van der Waals surface area contributed by atoms with Crippen LogP contribution in [0.1, 0.15) is 39.2 Å². The lowest BCUT2D eigenvalue weighted by molar-refractivity contribution is -0.116. The molecule has 0 aliphatic heterocycles. The van der Waals surface area contributed by atoms with E-state index in [-0.39, 0.29) is 5.91 Å². The molecule has 0 aromatic heterocycles. The molecule has 0 aliphatic carbocycles. The number of hydrogen-bond donors (Lipinski definition) is 2. The minimum absolute atomic E-state index is 0.100. The number of amides is 1. The first kappa shape index (κ1) is 14.7. The molecule has 18 heavy (non-hydrogen) atoms. The molecule has 0 saturated carbocycles. The van der Waals surface area contributed by atoms with E-state index in [9.17, 15) is 4.79 Å². The maximum Gasteiger partial charge on any atom is 0.224 e. The van der Waals surface area contributed by atoms with Crippen molar-refractivity contribution in [2.45, 2.75) is 40.2 Å². The summed E-state index contributed by atoms with van der Waals surface area (Å²) in [5, 5.41) is 6.19. The normalized spacial score (nSPS) is 10.7. The Morgan fingerprint density at radius 1 is 1.22 bits per heavy atom. The highest BCUT2D eigenvalue weighted by Gasteiger charge is 2.03. The molecule has 0 fully saturated rings. The fraction of sp³-hybridized carbons (Fsp3) is 0.533. The third kappa shape index (κ3) is 5.82. The first-order valence-electron chi connectivity index (χ1n) is 6.71. The number of carbonyl (C=O) groups excluding carboxylic acids is 1. The smallest absolute Gasteiger partial charge is 0.224 e. The molecule has 3 heteroatoms. The number of anilines is 1. The highest BCUT2D eigenvalue weighted by molar-refractivity contribution is 5.90. The number of hydrogen-bond acceptors (Lipinski definition) is 2. The number of rotatable bonds is 7. The third-order valence-electron chi connectivity index (χ3n) is 2.77. The fourth-order valence-electron chi connectivity index (χ4n) is 1.62. The standard InChI is InChI=1S/C15H24N2O/c1-4-16-11-13-6-8-14(9-7-13)17-15(18)10-5-12(2)3/h6-9,12,16H,4-5,10-11H2,1-3H3,(H,17,18). The Labute approximate surface area is 110 Å². The van der Waals surface area contributed by atoms with Crippen LogP contribution in [0.15, 0.2) is 24.3 Å². The maximum atomic E-state index is 11.7. The van der Waals surface area contributed by atoms with Crippen molar-refractivity contribution in [2.75, 3.05) is 11.9 Å². The van der Waals surface area contributed by atoms with Crippen molar-refractivity contribution in [1.29, 1.82) is 0 Å².